The Morgan fingerprint density at radius 2 is 1.66 bits per heavy atom. The number of morpholine rings is 1. The van der Waals surface area contributed by atoms with E-state index in [9.17, 15) is 19.7 Å². The Morgan fingerprint density at radius 1 is 1.03 bits per heavy atom. The standard InChI is InChI=1S/C18H24N2O9/c21-17(22)14-11-15(13-16(12-14)20(24)25)18(23)29-10-9-28-8-7-27-6-3-19-1-4-26-5-2-19/h11-13H,1-10H2,(H,21,22). The monoisotopic (exact) mass is 412 g/mol. The summed E-state index contributed by atoms with van der Waals surface area (Å²) < 4.78 is 21.0. The molecular weight excluding hydrogens is 388 g/mol. The highest BCUT2D eigenvalue weighted by atomic mass is 16.6. The summed E-state index contributed by atoms with van der Waals surface area (Å²) in [5.41, 5.74) is -1.07. The first-order valence-electron chi connectivity index (χ1n) is 9.13. The van der Waals surface area contributed by atoms with E-state index in [4.69, 9.17) is 24.1 Å². The number of benzene rings is 1. The number of nitro groups is 1. The summed E-state index contributed by atoms with van der Waals surface area (Å²) in [6.45, 7) is 5.53. The van der Waals surface area contributed by atoms with Crippen LogP contribution in [0, 0.1) is 10.1 Å². The molecule has 1 heterocycles. The summed E-state index contributed by atoms with van der Waals surface area (Å²) in [6.07, 6.45) is 0. The van der Waals surface area contributed by atoms with E-state index < -0.39 is 22.5 Å². The lowest BCUT2D eigenvalue weighted by Gasteiger charge is -2.26. The number of nitro benzene ring substituents is 1. The molecule has 11 nitrogen and oxygen atoms in total. The van der Waals surface area contributed by atoms with Crippen LogP contribution in [0.1, 0.15) is 20.7 Å². The quantitative estimate of drug-likeness (QED) is 0.227. The van der Waals surface area contributed by atoms with Gasteiger partial charge in [-0.2, -0.15) is 0 Å². The van der Waals surface area contributed by atoms with E-state index >= 15 is 0 Å². The Labute approximate surface area is 167 Å². The summed E-state index contributed by atoms with van der Waals surface area (Å²) in [4.78, 5) is 35.4. The molecular formula is C18H24N2O9. The van der Waals surface area contributed by atoms with Crippen molar-refractivity contribution in [1.82, 2.24) is 4.90 Å². The van der Waals surface area contributed by atoms with Crippen LogP contribution in [0.3, 0.4) is 0 Å². The molecule has 0 aromatic heterocycles. The zero-order valence-corrected chi connectivity index (χ0v) is 15.9. The van der Waals surface area contributed by atoms with Crippen molar-refractivity contribution in [3.63, 3.8) is 0 Å². The number of esters is 1. The molecule has 0 aliphatic carbocycles. The molecule has 1 aliphatic rings. The lowest BCUT2D eigenvalue weighted by molar-refractivity contribution is -0.384. The van der Waals surface area contributed by atoms with Gasteiger partial charge in [-0.1, -0.05) is 0 Å². The molecule has 11 heteroatoms. The van der Waals surface area contributed by atoms with Crippen LogP contribution in [-0.4, -0.2) is 92.8 Å². The molecule has 0 radical (unpaired) electrons. The Morgan fingerprint density at radius 3 is 2.31 bits per heavy atom. The van der Waals surface area contributed by atoms with Crippen LogP contribution in [0.15, 0.2) is 18.2 Å². The zero-order chi connectivity index (χ0) is 21.1. The van der Waals surface area contributed by atoms with Crippen molar-refractivity contribution >= 4 is 17.6 Å². The van der Waals surface area contributed by atoms with Crippen LogP contribution in [0.4, 0.5) is 5.69 Å². The normalized spacial score (nSPS) is 14.5. The highest BCUT2D eigenvalue weighted by Gasteiger charge is 2.18. The largest absolute Gasteiger partial charge is 0.478 e. The number of carbonyl (C=O) groups is 2. The second kappa shape index (κ2) is 12.1. The van der Waals surface area contributed by atoms with E-state index in [2.05, 4.69) is 4.90 Å². The van der Waals surface area contributed by atoms with Crippen LogP contribution in [-0.2, 0) is 18.9 Å². The van der Waals surface area contributed by atoms with Crippen molar-refractivity contribution in [3.8, 4) is 0 Å². The smallest absolute Gasteiger partial charge is 0.338 e. The minimum atomic E-state index is -1.38. The minimum absolute atomic E-state index is 0.0717. The maximum atomic E-state index is 12.0. The van der Waals surface area contributed by atoms with E-state index in [1.54, 1.807) is 0 Å². The first-order chi connectivity index (χ1) is 14.0. The minimum Gasteiger partial charge on any atom is -0.478 e. The first-order valence-corrected chi connectivity index (χ1v) is 9.13. The summed E-state index contributed by atoms with van der Waals surface area (Å²) in [7, 11) is 0. The number of aromatic carboxylic acids is 1. The fourth-order valence-electron chi connectivity index (χ4n) is 2.57. The van der Waals surface area contributed by atoms with E-state index in [1.165, 1.54) is 0 Å². The van der Waals surface area contributed by atoms with Crippen LogP contribution in [0.5, 0.6) is 0 Å². The van der Waals surface area contributed by atoms with Gasteiger partial charge in [-0.25, -0.2) is 9.59 Å². The summed E-state index contributed by atoms with van der Waals surface area (Å²) in [5, 5.41) is 19.9. The van der Waals surface area contributed by atoms with Crippen LogP contribution in [0.25, 0.3) is 0 Å². The Bertz CT molecular complexity index is 672. The molecule has 160 valence electrons. The summed E-state index contributed by atoms with van der Waals surface area (Å²) in [6, 6.07) is 2.88. The van der Waals surface area contributed by atoms with Crippen LogP contribution in [0.2, 0.25) is 0 Å². The highest BCUT2D eigenvalue weighted by Crippen LogP contribution is 2.18. The van der Waals surface area contributed by atoms with Gasteiger partial charge < -0.3 is 24.1 Å². The molecule has 1 aliphatic heterocycles. The number of carboxylic acid groups (broad SMARTS) is 1. The van der Waals surface area contributed by atoms with Crippen molar-refractivity contribution < 1.29 is 38.6 Å². The lowest BCUT2D eigenvalue weighted by atomic mass is 10.1. The number of non-ortho nitro benzene ring substituents is 1. The predicted octanol–water partition coefficient (Wildman–Crippen LogP) is 0.815. The number of hydrogen-bond acceptors (Lipinski definition) is 9. The van der Waals surface area contributed by atoms with Gasteiger partial charge >= 0.3 is 11.9 Å². The second-order valence-corrected chi connectivity index (χ2v) is 6.15. The van der Waals surface area contributed by atoms with Crippen molar-refractivity contribution in [3.05, 3.63) is 39.4 Å². The molecule has 0 unspecified atom stereocenters. The fourth-order valence-corrected chi connectivity index (χ4v) is 2.57. The molecule has 0 spiro atoms. The highest BCUT2D eigenvalue weighted by molar-refractivity contribution is 5.95. The van der Waals surface area contributed by atoms with Gasteiger partial charge in [-0.3, -0.25) is 15.0 Å². The van der Waals surface area contributed by atoms with Gasteiger partial charge in [0, 0.05) is 31.8 Å². The Hall–Kier alpha value is -2.60. The fraction of sp³-hybridized carbons (Fsp3) is 0.556. The summed E-state index contributed by atoms with van der Waals surface area (Å²) in [5.74, 6) is -2.23. The average molecular weight is 412 g/mol. The Balaban J connectivity index is 1.60. The van der Waals surface area contributed by atoms with E-state index in [0.717, 1.165) is 51.0 Å². The van der Waals surface area contributed by atoms with Gasteiger partial charge in [0.2, 0.25) is 0 Å². The van der Waals surface area contributed by atoms with E-state index in [0.29, 0.717) is 19.8 Å². The maximum absolute atomic E-state index is 12.0. The molecule has 0 amide bonds. The molecule has 1 aromatic carbocycles. The summed E-state index contributed by atoms with van der Waals surface area (Å²) >= 11 is 0. The number of rotatable bonds is 12. The molecule has 1 aromatic rings. The molecule has 0 saturated carbocycles. The van der Waals surface area contributed by atoms with Gasteiger partial charge in [0.05, 0.1) is 55.7 Å². The zero-order valence-electron chi connectivity index (χ0n) is 15.9. The third kappa shape index (κ3) is 8.11. The average Bonchev–Trinajstić information content (AvgIpc) is 2.72. The van der Waals surface area contributed by atoms with E-state index in [-0.39, 0.29) is 24.3 Å². The van der Waals surface area contributed by atoms with Crippen molar-refractivity contribution in [2.75, 3.05) is 65.9 Å². The third-order valence-corrected chi connectivity index (χ3v) is 4.10. The predicted molar refractivity (Wildman–Crippen MR) is 99.2 cm³/mol. The van der Waals surface area contributed by atoms with Gasteiger partial charge in [-0.15, -0.1) is 0 Å². The molecule has 1 fully saturated rings. The number of hydrogen-bond donors (Lipinski definition) is 1. The number of nitrogens with zero attached hydrogens (tertiary/aromatic N) is 2. The molecule has 29 heavy (non-hydrogen) atoms. The topological polar surface area (TPSA) is 138 Å². The van der Waals surface area contributed by atoms with E-state index in [1.807, 2.05) is 0 Å². The van der Waals surface area contributed by atoms with Gasteiger partial charge in [0.1, 0.15) is 6.61 Å². The number of ether oxygens (including phenoxy) is 4. The van der Waals surface area contributed by atoms with Crippen molar-refractivity contribution in [2.45, 2.75) is 0 Å². The molecule has 0 atom stereocenters. The molecule has 1 N–H and O–H groups in total. The van der Waals surface area contributed by atoms with Crippen LogP contribution < -0.4 is 0 Å². The second-order valence-electron chi connectivity index (χ2n) is 6.15. The van der Waals surface area contributed by atoms with Gasteiger partial charge in [0.15, 0.2) is 0 Å². The van der Waals surface area contributed by atoms with Crippen molar-refractivity contribution in [2.24, 2.45) is 0 Å². The first kappa shape index (κ1) is 22.7. The van der Waals surface area contributed by atoms with Gasteiger partial charge in [0.25, 0.3) is 5.69 Å². The molecule has 2 rings (SSSR count). The lowest BCUT2D eigenvalue weighted by Crippen LogP contribution is -2.38. The number of carbonyl (C=O) groups excluding carboxylic acids is 1. The van der Waals surface area contributed by atoms with Gasteiger partial charge in [-0.05, 0) is 6.07 Å². The number of carboxylic acids is 1. The maximum Gasteiger partial charge on any atom is 0.338 e. The third-order valence-electron chi connectivity index (χ3n) is 4.10. The SMILES string of the molecule is O=C(O)c1cc(C(=O)OCCOCCOCCN2CCOCC2)cc([N+](=O)[O-])c1. The van der Waals surface area contributed by atoms with Crippen LogP contribution >= 0.6 is 0 Å². The molecule has 0 bridgehead atoms. The Kier molecular flexibility index (Phi) is 9.44. The molecule has 1 saturated heterocycles. The van der Waals surface area contributed by atoms with Crippen molar-refractivity contribution in [1.29, 1.82) is 0 Å².